The Bertz CT molecular complexity index is 1560. The number of nitrogens with two attached hydrogens (primary N) is 1. The van der Waals surface area contributed by atoms with Gasteiger partial charge >= 0.3 is 5.69 Å². The SMILES string of the molecule is CCOc1ccc(F)cc1[C@H](Cn1c(=O)n(C(C)(C)C(N)=O)c(=O)c2c(C)c(C#N)sc21)OC1CCOCC1. The van der Waals surface area contributed by atoms with Crippen molar-refractivity contribution in [2.75, 3.05) is 19.8 Å². The van der Waals surface area contributed by atoms with Crippen LogP contribution in [0.2, 0.25) is 0 Å². The van der Waals surface area contributed by atoms with Crippen molar-refractivity contribution in [3.63, 3.8) is 0 Å². The summed E-state index contributed by atoms with van der Waals surface area (Å²) in [6.45, 7) is 7.36. The molecule has 1 aliphatic rings. The molecule has 12 heteroatoms. The van der Waals surface area contributed by atoms with E-state index in [0.29, 0.717) is 49.5 Å². The summed E-state index contributed by atoms with van der Waals surface area (Å²) in [5, 5.41) is 9.82. The average molecular weight is 559 g/mol. The van der Waals surface area contributed by atoms with Gasteiger partial charge < -0.3 is 19.9 Å². The highest BCUT2D eigenvalue weighted by Gasteiger charge is 2.35. The van der Waals surface area contributed by atoms with Gasteiger partial charge in [-0.05, 0) is 64.3 Å². The molecule has 4 rings (SSSR count). The van der Waals surface area contributed by atoms with Crippen LogP contribution >= 0.6 is 11.3 Å². The van der Waals surface area contributed by atoms with Crippen molar-refractivity contribution in [1.29, 1.82) is 5.26 Å². The molecule has 1 saturated heterocycles. The first-order valence-electron chi connectivity index (χ1n) is 12.7. The van der Waals surface area contributed by atoms with Gasteiger partial charge in [0.1, 0.15) is 39.0 Å². The van der Waals surface area contributed by atoms with E-state index in [9.17, 15) is 24.0 Å². The quantitative estimate of drug-likeness (QED) is 0.426. The van der Waals surface area contributed by atoms with Gasteiger partial charge in [-0.1, -0.05) is 0 Å². The van der Waals surface area contributed by atoms with E-state index in [1.165, 1.54) is 36.6 Å². The standard InChI is InChI=1S/C27H31FN4O6S/c1-5-37-19-7-6-16(28)12-18(19)20(38-17-8-10-36-11-9-17)14-31-24-22(15(2)21(13-29)39-24)23(33)32(26(31)35)27(3,4)25(30)34/h6-7,12,17,20H,5,8-11,14H2,1-4H3,(H2,30,34)/t20-/m0/s1. The Balaban J connectivity index is 1.99. The number of halogens is 1. The van der Waals surface area contributed by atoms with E-state index in [0.717, 1.165) is 15.9 Å². The van der Waals surface area contributed by atoms with Crippen LogP contribution in [0.25, 0.3) is 10.2 Å². The molecule has 0 unspecified atom stereocenters. The lowest BCUT2D eigenvalue weighted by Gasteiger charge is -2.30. The topological polar surface area (TPSA) is 139 Å². The van der Waals surface area contributed by atoms with E-state index in [1.54, 1.807) is 13.8 Å². The van der Waals surface area contributed by atoms with Crippen LogP contribution in [-0.2, 0) is 26.4 Å². The summed E-state index contributed by atoms with van der Waals surface area (Å²) in [6.07, 6.45) is 0.0953. The number of nitriles is 1. The summed E-state index contributed by atoms with van der Waals surface area (Å²) < 4.78 is 34.3. The maximum absolute atomic E-state index is 14.5. The Kier molecular flexibility index (Phi) is 8.25. The van der Waals surface area contributed by atoms with Gasteiger partial charge in [0, 0.05) is 18.8 Å². The fourth-order valence-electron chi connectivity index (χ4n) is 4.70. The van der Waals surface area contributed by atoms with Crippen LogP contribution in [0.5, 0.6) is 5.75 Å². The summed E-state index contributed by atoms with van der Waals surface area (Å²) >= 11 is 0.999. The van der Waals surface area contributed by atoms with E-state index in [4.69, 9.17) is 19.9 Å². The van der Waals surface area contributed by atoms with Gasteiger partial charge in [0.15, 0.2) is 0 Å². The van der Waals surface area contributed by atoms with Crippen LogP contribution in [0.3, 0.4) is 0 Å². The first-order valence-corrected chi connectivity index (χ1v) is 13.5. The van der Waals surface area contributed by atoms with Crippen LogP contribution in [0.15, 0.2) is 27.8 Å². The van der Waals surface area contributed by atoms with Gasteiger partial charge in [-0.15, -0.1) is 11.3 Å². The highest BCUT2D eigenvalue weighted by atomic mass is 32.1. The van der Waals surface area contributed by atoms with Gasteiger partial charge in [0.25, 0.3) is 5.56 Å². The summed E-state index contributed by atoms with van der Waals surface area (Å²) in [7, 11) is 0. The third kappa shape index (κ3) is 5.34. The van der Waals surface area contributed by atoms with Crippen molar-refractivity contribution in [3.8, 4) is 11.8 Å². The van der Waals surface area contributed by atoms with E-state index < -0.39 is 34.6 Å². The number of aryl methyl sites for hydroxylation is 1. The normalized spacial score (nSPS) is 15.3. The number of amides is 1. The van der Waals surface area contributed by atoms with E-state index in [2.05, 4.69) is 6.07 Å². The zero-order valence-electron chi connectivity index (χ0n) is 22.3. The monoisotopic (exact) mass is 558 g/mol. The number of hydrogen-bond donors (Lipinski definition) is 1. The second kappa shape index (κ2) is 11.3. The van der Waals surface area contributed by atoms with Crippen LogP contribution in [0.1, 0.15) is 55.7 Å². The number of thiophene rings is 1. The van der Waals surface area contributed by atoms with Crippen LogP contribution in [0, 0.1) is 24.1 Å². The van der Waals surface area contributed by atoms with Gasteiger partial charge in [-0.25, -0.2) is 13.8 Å². The highest BCUT2D eigenvalue weighted by Crippen LogP contribution is 2.34. The Hall–Kier alpha value is -3.53. The average Bonchev–Trinajstić information content (AvgIpc) is 3.23. The third-order valence-corrected chi connectivity index (χ3v) is 8.19. The summed E-state index contributed by atoms with van der Waals surface area (Å²) in [5.74, 6) is -0.990. The first-order chi connectivity index (χ1) is 18.5. The molecule has 1 amide bonds. The van der Waals surface area contributed by atoms with Gasteiger partial charge in [0.2, 0.25) is 5.91 Å². The Morgan fingerprint density at radius 3 is 2.64 bits per heavy atom. The summed E-state index contributed by atoms with van der Waals surface area (Å²) in [6, 6.07) is 6.17. The minimum Gasteiger partial charge on any atom is -0.493 e. The zero-order valence-corrected chi connectivity index (χ0v) is 23.1. The number of ether oxygens (including phenoxy) is 3. The van der Waals surface area contributed by atoms with Crippen molar-refractivity contribution in [3.05, 3.63) is 60.9 Å². The number of rotatable bonds is 9. The molecule has 1 aromatic carbocycles. The number of nitrogens with zero attached hydrogens (tertiary/aromatic N) is 3. The van der Waals surface area contributed by atoms with Crippen molar-refractivity contribution < 1.29 is 23.4 Å². The van der Waals surface area contributed by atoms with Crippen LogP contribution < -0.4 is 21.7 Å². The van der Waals surface area contributed by atoms with Crippen LogP contribution in [0.4, 0.5) is 4.39 Å². The fraction of sp³-hybridized carbons (Fsp3) is 0.481. The molecule has 3 aromatic rings. The summed E-state index contributed by atoms with van der Waals surface area (Å²) in [4.78, 5) is 40.4. The summed E-state index contributed by atoms with van der Waals surface area (Å²) in [5.41, 5.74) is 3.21. The molecular weight excluding hydrogens is 527 g/mol. The van der Waals surface area contributed by atoms with Crippen molar-refractivity contribution >= 4 is 27.5 Å². The minimum absolute atomic E-state index is 0.138. The third-order valence-electron chi connectivity index (χ3n) is 6.97. The number of primary amides is 1. The second-order valence-corrected chi connectivity index (χ2v) is 10.9. The highest BCUT2D eigenvalue weighted by molar-refractivity contribution is 7.19. The van der Waals surface area contributed by atoms with Gasteiger partial charge in [0.05, 0.1) is 24.6 Å². The molecule has 0 radical (unpaired) electrons. The first kappa shape index (κ1) is 28.5. The predicted octanol–water partition coefficient (Wildman–Crippen LogP) is 3.10. The largest absolute Gasteiger partial charge is 0.493 e. The maximum atomic E-state index is 14.5. The van der Waals surface area contributed by atoms with Gasteiger partial charge in [-0.2, -0.15) is 5.26 Å². The zero-order chi connectivity index (χ0) is 28.5. The lowest BCUT2D eigenvalue weighted by molar-refractivity contribution is -0.125. The lowest BCUT2D eigenvalue weighted by Crippen LogP contribution is -2.54. The minimum atomic E-state index is -1.67. The Labute approximate surface area is 228 Å². The van der Waals surface area contributed by atoms with E-state index >= 15 is 0 Å². The Morgan fingerprint density at radius 2 is 2.03 bits per heavy atom. The lowest BCUT2D eigenvalue weighted by atomic mass is 10.0. The molecular formula is C27H31FN4O6S. The molecule has 0 aliphatic carbocycles. The van der Waals surface area contributed by atoms with Crippen molar-refractivity contribution in [2.24, 2.45) is 5.73 Å². The molecule has 39 heavy (non-hydrogen) atoms. The molecule has 1 fully saturated rings. The van der Waals surface area contributed by atoms with Crippen LogP contribution in [-0.4, -0.2) is 41.0 Å². The number of aromatic nitrogens is 2. The van der Waals surface area contributed by atoms with Crippen molar-refractivity contribution in [1.82, 2.24) is 9.13 Å². The molecule has 1 aliphatic heterocycles. The molecule has 208 valence electrons. The Morgan fingerprint density at radius 1 is 1.33 bits per heavy atom. The molecule has 10 nitrogen and oxygen atoms in total. The van der Waals surface area contributed by atoms with E-state index in [-0.39, 0.29) is 27.7 Å². The molecule has 3 heterocycles. The second-order valence-electron chi connectivity index (χ2n) is 9.86. The number of carbonyl (C=O) groups is 1. The molecule has 2 aromatic heterocycles. The molecule has 1 atom stereocenters. The number of carbonyl (C=O) groups excluding carboxylic acids is 1. The van der Waals surface area contributed by atoms with Crippen molar-refractivity contribution in [2.45, 2.75) is 64.8 Å². The smallest absolute Gasteiger partial charge is 0.333 e. The van der Waals surface area contributed by atoms with E-state index in [1.807, 2.05) is 0 Å². The molecule has 0 spiro atoms. The number of hydrogen-bond acceptors (Lipinski definition) is 8. The van der Waals surface area contributed by atoms with Gasteiger partial charge in [-0.3, -0.25) is 14.2 Å². The molecule has 0 bridgehead atoms. The predicted molar refractivity (Wildman–Crippen MR) is 144 cm³/mol. The number of benzene rings is 1. The number of fused-ring (bicyclic) bond motifs is 1. The molecule has 2 N–H and O–H groups in total. The molecule has 0 saturated carbocycles. The maximum Gasteiger partial charge on any atom is 0.333 e. The fourth-order valence-corrected chi connectivity index (χ4v) is 5.80.